The zero-order valence-corrected chi connectivity index (χ0v) is 13.4. The van der Waals surface area contributed by atoms with Crippen molar-refractivity contribution in [1.29, 1.82) is 0 Å². The number of benzene rings is 1. The van der Waals surface area contributed by atoms with Gasteiger partial charge in [-0.15, -0.1) is 0 Å². The van der Waals surface area contributed by atoms with E-state index in [1.54, 1.807) is 12.1 Å². The summed E-state index contributed by atoms with van der Waals surface area (Å²) in [6.07, 6.45) is 3.95. The van der Waals surface area contributed by atoms with E-state index in [-0.39, 0.29) is 5.82 Å². The van der Waals surface area contributed by atoms with Crippen molar-refractivity contribution in [2.24, 2.45) is 11.7 Å². The second-order valence-corrected chi connectivity index (χ2v) is 6.76. The fourth-order valence-electron chi connectivity index (χ4n) is 2.96. The van der Waals surface area contributed by atoms with Crippen LogP contribution in [0.1, 0.15) is 38.5 Å². The first-order valence-electron chi connectivity index (χ1n) is 7.06. The SMILES string of the molecule is CC1CCCC(N)(c2nc(-c3ccc(F)c(Br)c3)no2)C1. The molecule has 4 nitrogen and oxygen atoms in total. The molecule has 1 fully saturated rings. The van der Waals surface area contributed by atoms with E-state index in [0.29, 0.717) is 27.7 Å². The first kappa shape index (κ1) is 14.7. The van der Waals surface area contributed by atoms with E-state index < -0.39 is 5.54 Å². The Morgan fingerprint density at radius 1 is 1.48 bits per heavy atom. The molecule has 1 saturated carbocycles. The fraction of sp³-hybridized carbons (Fsp3) is 0.467. The highest BCUT2D eigenvalue weighted by Gasteiger charge is 2.37. The standard InChI is InChI=1S/C15H17BrFN3O/c1-9-3-2-6-15(18,8-9)14-19-13(20-21-14)10-4-5-12(17)11(16)7-10/h4-5,7,9H,2-3,6,8,18H2,1H3. The van der Waals surface area contributed by atoms with Crippen molar-refractivity contribution in [2.75, 3.05) is 0 Å². The molecule has 1 aromatic carbocycles. The average Bonchev–Trinajstić information content (AvgIpc) is 2.92. The Hall–Kier alpha value is -1.27. The number of nitrogens with two attached hydrogens (primary N) is 1. The first-order chi connectivity index (χ1) is 9.98. The van der Waals surface area contributed by atoms with Gasteiger partial charge >= 0.3 is 0 Å². The van der Waals surface area contributed by atoms with Crippen LogP contribution in [-0.4, -0.2) is 10.1 Å². The van der Waals surface area contributed by atoms with E-state index in [4.69, 9.17) is 10.3 Å². The Morgan fingerprint density at radius 3 is 3.00 bits per heavy atom. The summed E-state index contributed by atoms with van der Waals surface area (Å²) >= 11 is 3.16. The van der Waals surface area contributed by atoms with Crippen LogP contribution in [0.3, 0.4) is 0 Å². The van der Waals surface area contributed by atoms with Crippen molar-refractivity contribution < 1.29 is 8.91 Å². The molecule has 0 bridgehead atoms. The average molecular weight is 354 g/mol. The van der Waals surface area contributed by atoms with Crippen LogP contribution in [0.2, 0.25) is 0 Å². The van der Waals surface area contributed by atoms with Gasteiger partial charge in [-0.1, -0.05) is 24.9 Å². The summed E-state index contributed by atoms with van der Waals surface area (Å²) in [5, 5.41) is 3.99. The third kappa shape index (κ3) is 2.87. The first-order valence-corrected chi connectivity index (χ1v) is 7.86. The lowest BCUT2D eigenvalue weighted by molar-refractivity contribution is 0.183. The van der Waals surface area contributed by atoms with Crippen molar-refractivity contribution in [3.63, 3.8) is 0 Å². The molecular formula is C15H17BrFN3O. The minimum atomic E-state index is -0.541. The third-order valence-corrected chi connectivity index (χ3v) is 4.67. The topological polar surface area (TPSA) is 64.9 Å². The summed E-state index contributed by atoms with van der Waals surface area (Å²) in [5.74, 6) is 1.15. The van der Waals surface area contributed by atoms with Gasteiger partial charge in [0.05, 0.1) is 10.0 Å². The number of aromatic nitrogens is 2. The van der Waals surface area contributed by atoms with Crippen molar-refractivity contribution in [3.8, 4) is 11.4 Å². The predicted molar refractivity (Wildman–Crippen MR) is 80.9 cm³/mol. The van der Waals surface area contributed by atoms with Crippen LogP contribution in [0.25, 0.3) is 11.4 Å². The summed E-state index contributed by atoms with van der Waals surface area (Å²) in [6, 6.07) is 4.63. The Morgan fingerprint density at radius 2 is 2.29 bits per heavy atom. The summed E-state index contributed by atoms with van der Waals surface area (Å²) in [5.41, 5.74) is 6.61. The highest BCUT2D eigenvalue weighted by molar-refractivity contribution is 9.10. The normalized spacial score (nSPS) is 26.0. The molecule has 0 spiro atoms. The van der Waals surface area contributed by atoms with Gasteiger partial charge in [-0.2, -0.15) is 4.98 Å². The molecule has 3 rings (SSSR count). The number of hydrogen-bond acceptors (Lipinski definition) is 4. The van der Waals surface area contributed by atoms with Gasteiger partial charge in [0.2, 0.25) is 11.7 Å². The lowest BCUT2D eigenvalue weighted by atomic mass is 9.77. The molecule has 0 saturated heterocycles. The van der Waals surface area contributed by atoms with Gasteiger partial charge in [-0.05, 0) is 52.9 Å². The van der Waals surface area contributed by atoms with E-state index in [9.17, 15) is 4.39 Å². The van der Waals surface area contributed by atoms with Crippen molar-refractivity contribution >= 4 is 15.9 Å². The molecule has 2 aromatic rings. The molecule has 6 heteroatoms. The highest BCUT2D eigenvalue weighted by Crippen LogP contribution is 2.37. The van der Waals surface area contributed by atoms with Crippen LogP contribution in [0.5, 0.6) is 0 Å². The van der Waals surface area contributed by atoms with Gasteiger partial charge in [0, 0.05) is 5.56 Å². The van der Waals surface area contributed by atoms with Crippen LogP contribution >= 0.6 is 15.9 Å². The monoisotopic (exact) mass is 353 g/mol. The van der Waals surface area contributed by atoms with Crippen LogP contribution in [0, 0.1) is 11.7 Å². The van der Waals surface area contributed by atoms with E-state index in [0.717, 1.165) is 19.3 Å². The molecule has 0 amide bonds. The quantitative estimate of drug-likeness (QED) is 0.885. The summed E-state index contributed by atoms with van der Waals surface area (Å²) < 4.78 is 19.0. The van der Waals surface area contributed by atoms with E-state index in [1.165, 1.54) is 12.5 Å². The molecule has 1 aliphatic carbocycles. The maximum atomic E-state index is 13.3. The zero-order valence-electron chi connectivity index (χ0n) is 11.8. The van der Waals surface area contributed by atoms with E-state index in [1.807, 2.05) is 0 Å². The number of halogens is 2. The second kappa shape index (κ2) is 5.50. The Bertz CT molecular complexity index is 660. The van der Waals surface area contributed by atoms with Gasteiger partial charge < -0.3 is 10.3 Å². The molecule has 1 heterocycles. The molecule has 21 heavy (non-hydrogen) atoms. The largest absolute Gasteiger partial charge is 0.337 e. The molecule has 1 aliphatic rings. The van der Waals surface area contributed by atoms with E-state index >= 15 is 0 Å². The van der Waals surface area contributed by atoms with Crippen molar-refractivity contribution in [2.45, 2.75) is 38.1 Å². The van der Waals surface area contributed by atoms with Gasteiger partial charge in [-0.3, -0.25) is 0 Å². The minimum absolute atomic E-state index is 0.320. The lowest BCUT2D eigenvalue weighted by Gasteiger charge is -2.33. The van der Waals surface area contributed by atoms with Crippen molar-refractivity contribution in [3.05, 3.63) is 34.4 Å². The third-order valence-electron chi connectivity index (χ3n) is 4.06. The van der Waals surface area contributed by atoms with Crippen LogP contribution in [0.4, 0.5) is 4.39 Å². The Balaban J connectivity index is 1.90. The maximum Gasteiger partial charge on any atom is 0.247 e. The molecule has 2 unspecified atom stereocenters. The Labute approximate surface area is 131 Å². The molecule has 2 atom stereocenters. The van der Waals surface area contributed by atoms with E-state index in [2.05, 4.69) is 33.0 Å². The minimum Gasteiger partial charge on any atom is -0.337 e. The zero-order chi connectivity index (χ0) is 15.0. The predicted octanol–water partition coefficient (Wildman–Crippen LogP) is 4.00. The van der Waals surface area contributed by atoms with Crippen LogP contribution in [-0.2, 0) is 5.54 Å². The molecule has 1 aromatic heterocycles. The number of hydrogen-bond donors (Lipinski definition) is 1. The van der Waals surface area contributed by atoms with Gasteiger partial charge in [0.15, 0.2) is 0 Å². The molecule has 2 N–H and O–H groups in total. The molecule has 0 radical (unpaired) electrons. The summed E-state index contributed by atoms with van der Waals surface area (Å²) in [6.45, 7) is 2.19. The summed E-state index contributed by atoms with van der Waals surface area (Å²) in [4.78, 5) is 4.44. The lowest BCUT2D eigenvalue weighted by Crippen LogP contribution is -2.41. The molecule has 112 valence electrons. The summed E-state index contributed by atoms with van der Waals surface area (Å²) in [7, 11) is 0. The van der Waals surface area contributed by atoms with Gasteiger partial charge in [-0.25, -0.2) is 4.39 Å². The maximum absolute atomic E-state index is 13.3. The molecule has 0 aliphatic heterocycles. The number of nitrogens with zero attached hydrogens (tertiary/aromatic N) is 2. The molecular weight excluding hydrogens is 337 g/mol. The highest BCUT2D eigenvalue weighted by atomic mass is 79.9. The van der Waals surface area contributed by atoms with Gasteiger partial charge in [0.25, 0.3) is 0 Å². The van der Waals surface area contributed by atoms with Crippen LogP contribution in [0.15, 0.2) is 27.2 Å². The Kier molecular flexibility index (Phi) is 3.84. The van der Waals surface area contributed by atoms with Crippen LogP contribution < -0.4 is 5.73 Å². The second-order valence-electron chi connectivity index (χ2n) is 5.91. The fourth-order valence-corrected chi connectivity index (χ4v) is 3.34. The van der Waals surface area contributed by atoms with Crippen molar-refractivity contribution in [1.82, 2.24) is 10.1 Å². The number of rotatable bonds is 2. The smallest absolute Gasteiger partial charge is 0.247 e. The van der Waals surface area contributed by atoms with Gasteiger partial charge in [0.1, 0.15) is 5.82 Å².